The number of aryl methyl sites for hydroxylation is 2. The van der Waals surface area contributed by atoms with Gasteiger partial charge in [0.2, 0.25) is 5.91 Å². The average Bonchev–Trinajstić information content (AvgIpc) is 2.50. The van der Waals surface area contributed by atoms with E-state index in [1.165, 1.54) is 11.1 Å². The number of nitrogens with one attached hydrogen (secondary N) is 2. The van der Waals surface area contributed by atoms with E-state index in [0.29, 0.717) is 24.5 Å². The Balaban J connectivity index is 1.71. The third kappa shape index (κ3) is 5.08. The van der Waals surface area contributed by atoms with Gasteiger partial charge in [0.15, 0.2) is 0 Å². The van der Waals surface area contributed by atoms with Crippen molar-refractivity contribution in [3.8, 4) is 0 Å². The number of benzene rings is 2. The van der Waals surface area contributed by atoms with Crippen molar-refractivity contribution < 1.29 is 4.79 Å². The average molecular weight is 317 g/mol. The first kappa shape index (κ1) is 16.4. The molecule has 0 aliphatic heterocycles. The first-order chi connectivity index (χ1) is 10.5. The lowest BCUT2D eigenvalue weighted by Crippen LogP contribution is -2.24. The summed E-state index contributed by atoms with van der Waals surface area (Å²) in [5.74, 6) is 0.0336. The molecule has 3 nitrogen and oxygen atoms in total. The summed E-state index contributed by atoms with van der Waals surface area (Å²) < 4.78 is 0. The maximum absolute atomic E-state index is 11.8. The standard InChI is InChI=1S/C18H21ClN2O/c1-13-3-8-17(11-14(13)2)20-10-9-18(22)21-12-15-4-6-16(19)7-5-15/h3-8,11,20H,9-10,12H2,1-2H3,(H,21,22). The Kier molecular flexibility index (Phi) is 5.84. The lowest BCUT2D eigenvalue weighted by Gasteiger charge is -2.09. The van der Waals surface area contributed by atoms with Crippen LogP contribution < -0.4 is 10.6 Å². The van der Waals surface area contributed by atoms with Gasteiger partial charge in [0.25, 0.3) is 0 Å². The predicted molar refractivity (Wildman–Crippen MR) is 92.3 cm³/mol. The molecule has 0 spiro atoms. The molecule has 22 heavy (non-hydrogen) atoms. The number of amides is 1. The Hall–Kier alpha value is -2.00. The summed E-state index contributed by atoms with van der Waals surface area (Å²) in [4.78, 5) is 11.8. The van der Waals surface area contributed by atoms with E-state index in [4.69, 9.17) is 11.6 Å². The van der Waals surface area contributed by atoms with Crippen LogP contribution in [0.4, 0.5) is 5.69 Å². The smallest absolute Gasteiger partial charge is 0.222 e. The number of anilines is 1. The summed E-state index contributed by atoms with van der Waals surface area (Å²) in [6.45, 7) is 5.32. The monoisotopic (exact) mass is 316 g/mol. The first-order valence-electron chi connectivity index (χ1n) is 7.37. The SMILES string of the molecule is Cc1ccc(NCCC(=O)NCc2ccc(Cl)cc2)cc1C. The van der Waals surface area contributed by atoms with Crippen molar-refractivity contribution in [3.63, 3.8) is 0 Å². The van der Waals surface area contributed by atoms with Crippen molar-refractivity contribution in [1.82, 2.24) is 5.32 Å². The van der Waals surface area contributed by atoms with Crippen LogP contribution in [0.5, 0.6) is 0 Å². The fourth-order valence-electron chi connectivity index (χ4n) is 2.06. The molecule has 0 fully saturated rings. The Labute approximate surface area is 136 Å². The minimum Gasteiger partial charge on any atom is -0.385 e. The summed E-state index contributed by atoms with van der Waals surface area (Å²) in [7, 11) is 0. The molecule has 2 rings (SSSR count). The van der Waals surface area contributed by atoms with Crippen LogP contribution in [0.25, 0.3) is 0 Å². The Morgan fingerprint density at radius 3 is 2.45 bits per heavy atom. The zero-order valence-corrected chi connectivity index (χ0v) is 13.7. The lowest BCUT2D eigenvalue weighted by atomic mass is 10.1. The van der Waals surface area contributed by atoms with E-state index in [1.807, 2.05) is 30.3 Å². The van der Waals surface area contributed by atoms with Gasteiger partial charge in [0.05, 0.1) is 0 Å². The van der Waals surface area contributed by atoms with E-state index < -0.39 is 0 Å². The van der Waals surface area contributed by atoms with Crippen LogP contribution >= 0.6 is 11.6 Å². The number of carbonyl (C=O) groups is 1. The van der Waals surface area contributed by atoms with E-state index in [-0.39, 0.29) is 5.91 Å². The summed E-state index contributed by atoms with van der Waals surface area (Å²) >= 11 is 5.83. The summed E-state index contributed by atoms with van der Waals surface area (Å²) in [5.41, 5.74) is 4.61. The van der Waals surface area contributed by atoms with Crippen molar-refractivity contribution in [3.05, 3.63) is 64.2 Å². The van der Waals surface area contributed by atoms with Crippen molar-refractivity contribution in [2.45, 2.75) is 26.8 Å². The molecule has 0 saturated carbocycles. The van der Waals surface area contributed by atoms with Crippen molar-refractivity contribution in [2.24, 2.45) is 0 Å². The second-order valence-electron chi connectivity index (χ2n) is 5.38. The van der Waals surface area contributed by atoms with Crippen LogP contribution in [0.2, 0.25) is 5.02 Å². The normalized spacial score (nSPS) is 10.3. The van der Waals surface area contributed by atoms with Gasteiger partial charge in [-0.15, -0.1) is 0 Å². The Bertz CT molecular complexity index is 638. The minimum atomic E-state index is 0.0336. The molecule has 2 aromatic rings. The molecule has 0 aliphatic rings. The minimum absolute atomic E-state index is 0.0336. The third-order valence-electron chi connectivity index (χ3n) is 3.59. The van der Waals surface area contributed by atoms with Crippen LogP contribution in [0.1, 0.15) is 23.1 Å². The fraction of sp³-hybridized carbons (Fsp3) is 0.278. The van der Waals surface area contributed by atoms with Gasteiger partial charge in [-0.3, -0.25) is 4.79 Å². The van der Waals surface area contributed by atoms with Crippen molar-refractivity contribution in [2.75, 3.05) is 11.9 Å². The Morgan fingerprint density at radius 1 is 1.05 bits per heavy atom. The molecule has 116 valence electrons. The van der Waals surface area contributed by atoms with E-state index in [1.54, 1.807) is 0 Å². The predicted octanol–water partition coefficient (Wildman–Crippen LogP) is 4.08. The summed E-state index contributed by atoms with van der Waals surface area (Å²) in [5, 5.41) is 6.88. The van der Waals surface area contributed by atoms with E-state index in [0.717, 1.165) is 11.3 Å². The lowest BCUT2D eigenvalue weighted by molar-refractivity contribution is -0.121. The molecule has 0 aliphatic carbocycles. The van der Waals surface area contributed by atoms with Crippen molar-refractivity contribution in [1.29, 1.82) is 0 Å². The van der Waals surface area contributed by atoms with Gasteiger partial charge in [-0.05, 0) is 54.8 Å². The van der Waals surface area contributed by atoms with Crippen LogP contribution in [0, 0.1) is 13.8 Å². The van der Waals surface area contributed by atoms with Gasteiger partial charge in [-0.25, -0.2) is 0 Å². The van der Waals surface area contributed by atoms with Crippen LogP contribution in [-0.4, -0.2) is 12.5 Å². The molecule has 0 unspecified atom stereocenters. The quantitative estimate of drug-likeness (QED) is 0.843. The summed E-state index contributed by atoms with van der Waals surface area (Å²) in [6.07, 6.45) is 0.445. The van der Waals surface area contributed by atoms with Crippen LogP contribution in [-0.2, 0) is 11.3 Å². The van der Waals surface area contributed by atoms with E-state index in [2.05, 4.69) is 36.6 Å². The van der Waals surface area contributed by atoms with Gasteiger partial charge in [0.1, 0.15) is 0 Å². The molecule has 4 heteroatoms. The number of hydrogen-bond acceptors (Lipinski definition) is 2. The largest absolute Gasteiger partial charge is 0.385 e. The molecule has 0 atom stereocenters. The number of carbonyl (C=O) groups excluding carboxylic acids is 1. The fourth-order valence-corrected chi connectivity index (χ4v) is 2.19. The van der Waals surface area contributed by atoms with Gasteiger partial charge in [-0.2, -0.15) is 0 Å². The maximum Gasteiger partial charge on any atom is 0.222 e. The molecule has 0 aromatic heterocycles. The highest BCUT2D eigenvalue weighted by atomic mass is 35.5. The maximum atomic E-state index is 11.8. The molecule has 2 aromatic carbocycles. The van der Waals surface area contributed by atoms with E-state index in [9.17, 15) is 4.79 Å². The molecular formula is C18H21ClN2O. The Morgan fingerprint density at radius 2 is 1.77 bits per heavy atom. The molecule has 0 radical (unpaired) electrons. The molecule has 2 N–H and O–H groups in total. The third-order valence-corrected chi connectivity index (χ3v) is 3.84. The number of hydrogen-bond donors (Lipinski definition) is 2. The van der Waals surface area contributed by atoms with Gasteiger partial charge in [-0.1, -0.05) is 29.8 Å². The highest BCUT2D eigenvalue weighted by Gasteiger charge is 2.02. The molecule has 0 bridgehead atoms. The highest BCUT2D eigenvalue weighted by molar-refractivity contribution is 6.30. The van der Waals surface area contributed by atoms with E-state index >= 15 is 0 Å². The van der Waals surface area contributed by atoms with Gasteiger partial charge >= 0.3 is 0 Å². The number of halogens is 1. The first-order valence-corrected chi connectivity index (χ1v) is 7.74. The molecule has 1 amide bonds. The number of rotatable bonds is 6. The van der Waals surface area contributed by atoms with Crippen molar-refractivity contribution >= 4 is 23.2 Å². The zero-order valence-electron chi connectivity index (χ0n) is 12.9. The summed E-state index contributed by atoms with van der Waals surface area (Å²) in [6, 6.07) is 13.7. The molecular weight excluding hydrogens is 296 g/mol. The zero-order chi connectivity index (χ0) is 15.9. The highest BCUT2D eigenvalue weighted by Crippen LogP contribution is 2.14. The second-order valence-corrected chi connectivity index (χ2v) is 5.82. The second kappa shape index (κ2) is 7.85. The van der Waals surface area contributed by atoms with Crippen LogP contribution in [0.15, 0.2) is 42.5 Å². The van der Waals surface area contributed by atoms with Crippen LogP contribution in [0.3, 0.4) is 0 Å². The topological polar surface area (TPSA) is 41.1 Å². The van der Waals surface area contributed by atoms with Gasteiger partial charge in [0, 0.05) is 30.2 Å². The molecule has 0 heterocycles. The molecule has 0 saturated heterocycles. The van der Waals surface area contributed by atoms with Gasteiger partial charge < -0.3 is 10.6 Å².